The monoisotopic (exact) mass is 440 g/mol. The average Bonchev–Trinajstić information content (AvgIpc) is 2.71. The van der Waals surface area contributed by atoms with Gasteiger partial charge in [-0.2, -0.15) is 13.2 Å². The van der Waals surface area contributed by atoms with Crippen LogP contribution in [0.3, 0.4) is 0 Å². The zero-order valence-corrected chi connectivity index (χ0v) is 16.8. The summed E-state index contributed by atoms with van der Waals surface area (Å²) in [5, 5.41) is 6.10. The van der Waals surface area contributed by atoms with E-state index in [9.17, 15) is 22.8 Å². The molecule has 2 amide bonds. The lowest BCUT2D eigenvalue weighted by atomic mass is 9.97. The largest absolute Gasteiger partial charge is 0.472 e. The zero-order chi connectivity index (χ0) is 21.9. The molecular formula is C20H20ClF3N4O2. The van der Waals surface area contributed by atoms with Crippen molar-refractivity contribution in [3.8, 4) is 0 Å². The van der Waals surface area contributed by atoms with Crippen LogP contribution in [0.15, 0.2) is 36.5 Å². The molecule has 30 heavy (non-hydrogen) atoms. The highest BCUT2D eigenvalue weighted by molar-refractivity contribution is 6.30. The Morgan fingerprint density at radius 2 is 1.90 bits per heavy atom. The molecule has 0 bridgehead atoms. The highest BCUT2D eigenvalue weighted by Crippen LogP contribution is 2.37. The van der Waals surface area contributed by atoms with Gasteiger partial charge in [-0.15, -0.1) is 0 Å². The summed E-state index contributed by atoms with van der Waals surface area (Å²) in [4.78, 5) is 29.4. The highest BCUT2D eigenvalue weighted by atomic mass is 35.5. The number of carbonyl (C=O) groups is 2. The molecule has 1 saturated heterocycles. The van der Waals surface area contributed by atoms with Gasteiger partial charge in [-0.1, -0.05) is 23.7 Å². The molecule has 160 valence electrons. The van der Waals surface area contributed by atoms with Crippen LogP contribution in [0.5, 0.6) is 0 Å². The number of amides is 2. The number of nitrogens with zero attached hydrogens (tertiary/aromatic N) is 2. The van der Waals surface area contributed by atoms with Crippen molar-refractivity contribution < 1.29 is 22.8 Å². The van der Waals surface area contributed by atoms with Crippen molar-refractivity contribution in [3.63, 3.8) is 0 Å². The van der Waals surface area contributed by atoms with E-state index in [1.807, 2.05) is 0 Å². The van der Waals surface area contributed by atoms with Crippen LogP contribution in [-0.2, 0) is 9.59 Å². The van der Waals surface area contributed by atoms with Crippen LogP contribution < -0.4 is 15.5 Å². The summed E-state index contributed by atoms with van der Waals surface area (Å²) in [5.41, 5.74) is 0.536. The van der Waals surface area contributed by atoms with Gasteiger partial charge in [0.25, 0.3) is 0 Å². The summed E-state index contributed by atoms with van der Waals surface area (Å²) in [7, 11) is 0. The maximum atomic E-state index is 13.4. The number of aryl methyl sites for hydroxylation is 1. The summed E-state index contributed by atoms with van der Waals surface area (Å²) in [6, 6.07) is 7.05. The molecule has 2 N–H and O–H groups in total. The molecule has 1 fully saturated rings. The van der Waals surface area contributed by atoms with Crippen LogP contribution >= 0.6 is 11.6 Å². The number of piperidine rings is 1. The maximum absolute atomic E-state index is 13.4. The van der Waals surface area contributed by atoms with Crippen molar-refractivity contribution in [2.75, 3.05) is 23.3 Å². The number of benzene rings is 1. The Bertz CT molecular complexity index is 929. The molecule has 6 nitrogen and oxygen atoms in total. The number of halogens is 4. The first-order valence-electron chi connectivity index (χ1n) is 9.32. The number of pyridine rings is 1. The number of anilines is 3. The SMILES string of the molecule is Cc1cccc(N(C(=O)C(F)(F)F)c2ccc(Cl)cn2)c1NC(=O)C1CCNCC1. The molecule has 1 aromatic carbocycles. The number of aromatic nitrogens is 1. The topological polar surface area (TPSA) is 74.3 Å². The summed E-state index contributed by atoms with van der Waals surface area (Å²) >= 11 is 5.79. The first kappa shape index (κ1) is 22.0. The molecule has 0 spiro atoms. The van der Waals surface area contributed by atoms with E-state index in [2.05, 4.69) is 15.6 Å². The summed E-state index contributed by atoms with van der Waals surface area (Å²) in [5.74, 6) is -2.94. The Kier molecular flexibility index (Phi) is 6.62. The van der Waals surface area contributed by atoms with Gasteiger partial charge in [0, 0.05) is 12.1 Å². The Labute approximate surface area is 176 Å². The van der Waals surface area contributed by atoms with Crippen molar-refractivity contribution >= 4 is 40.6 Å². The van der Waals surface area contributed by atoms with Gasteiger partial charge in [0.2, 0.25) is 5.91 Å². The Balaban J connectivity index is 2.05. The van der Waals surface area contributed by atoms with Gasteiger partial charge in [0.1, 0.15) is 5.82 Å². The fourth-order valence-electron chi connectivity index (χ4n) is 3.27. The van der Waals surface area contributed by atoms with Crippen LogP contribution in [0, 0.1) is 12.8 Å². The number of hydrogen-bond acceptors (Lipinski definition) is 4. The van der Waals surface area contributed by atoms with Gasteiger partial charge in [-0.3, -0.25) is 14.5 Å². The molecular weight excluding hydrogens is 421 g/mol. The van der Waals surface area contributed by atoms with Gasteiger partial charge in [0.15, 0.2) is 0 Å². The number of nitrogens with one attached hydrogen (secondary N) is 2. The Morgan fingerprint density at radius 1 is 1.20 bits per heavy atom. The minimum absolute atomic E-state index is 0.116. The van der Waals surface area contributed by atoms with E-state index in [1.165, 1.54) is 24.3 Å². The lowest BCUT2D eigenvalue weighted by molar-refractivity contribution is -0.169. The fourth-order valence-corrected chi connectivity index (χ4v) is 3.39. The molecule has 0 unspecified atom stereocenters. The molecule has 1 aliphatic rings. The Morgan fingerprint density at radius 3 is 2.50 bits per heavy atom. The second kappa shape index (κ2) is 9.01. The molecule has 1 aliphatic heterocycles. The molecule has 0 aliphatic carbocycles. The number of alkyl halides is 3. The van der Waals surface area contributed by atoms with Gasteiger partial charge in [-0.05, 0) is 56.6 Å². The predicted molar refractivity (Wildman–Crippen MR) is 108 cm³/mol. The van der Waals surface area contributed by atoms with E-state index < -0.39 is 12.1 Å². The molecule has 0 radical (unpaired) electrons. The summed E-state index contributed by atoms with van der Waals surface area (Å²) < 4.78 is 40.2. The minimum Gasteiger partial charge on any atom is -0.324 e. The van der Waals surface area contributed by atoms with E-state index >= 15 is 0 Å². The van der Waals surface area contributed by atoms with Gasteiger partial charge < -0.3 is 10.6 Å². The second-order valence-electron chi connectivity index (χ2n) is 6.96. The molecule has 2 heterocycles. The second-order valence-corrected chi connectivity index (χ2v) is 7.39. The molecule has 2 aromatic rings. The molecule has 0 saturated carbocycles. The van der Waals surface area contributed by atoms with Crippen molar-refractivity contribution in [1.29, 1.82) is 0 Å². The molecule has 0 atom stereocenters. The van der Waals surface area contributed by atoms with Crippen molar-refractivity contribution in [1.82, 2.24) is 10.3 Å². The quantitative estimate of drug-likeness (QED) is 0.747. The molecule has 10 heteroatoms. The van der Waals surface area contributed by atoms with Crippen molar-refractivity contribution in [3.05, 3.63) is 47.1 Å². The van der Waals surface area contributed by atoms with Gasteiger partial charge in [0.05, 0.1) is 16.4 Å². The third kappa shape index (κ3) is 4.91. The van der Waals surface area contributed by atoms with Crippen molar-refractivity contribution in [2.24, 2.45) is 5.92 Å². The van der Waals surface area contributed by atoms with E-state index in [0.29, 0.717) is 36.4 Å². The minimum atomic E-state index is -5.15. The van der Waals surface area contributed by atoms with E-state index in [1.54, 1.807) is 13.0 Å². The lowest BCUT2D eigenvalue weighted by Crippen LogP contribution is -2.39. The average molecular weight is 441 g/mol. The van der Waals surface area contributed by atoms with Crippen LogP contribution in [0.2, 0.25) is 5.02 Å². The van der Waals surface area contributed by atoms with Crippen LogP contribution in [0.25, 0.3) is 0 Å². The fraction of sp³-hybridized carbons (Fsp3) is 0.350. The number of hydrogen-bond donors (Lipinski definition) is 2. The van der Waals surface area contributed by atoms with E-state index in [4.69, 9.17) is 11.6 Å². The van der Waals surface area contributed by atoms with Crippen molar-refractivity contribution in [2.45, 2.75) is 25.9 Å². The molecule has 3 rings (SSSR count). The normalized spacial score (nSPS) is 15.0. The number of rotatable bonds is 4. The van der Waals surface area contributed by atoms with Crippen LogP contribution in [0.4, 0.5) is 30.4 Å². The number of carbonyl (C=O) groups excluding carboxylic acids is 2. The summed E-state index contributed by atoms with van der Waals surface area (Å²) in [6.45, 7) is 3.02. The lowest BCUT2D eigenvalue weighted by Gasteiger charge is -2.27. The van der Waals surface area contributed by atoms with Crippen LogP contribution in [-0.4, -0.2) is 36.1 Å². The third-order valence-corrected chi connectivity index (χ3v) is 5.06. The maximum Gasteiger partial charge on any atom is 0.472 e. The zero-order valence-electron chi connectivity index (χ0n) is 16.1. The Hall–Kier alpha value is -2.65. The standard InChI is InChI=1S/C20H20ClF3N4O2/c1-12-3-2-4-15(17(12)27-18(29)13-7-9-25-10-8-13)28(19(30)20(22,23)24)16-6-5-14(21)11-26-16/h2-6,11,13,25H,7-10H2,1H3,(H,27,29). The first-order valence-corrected chi connectivity index (χ1v) is 9.70. The third-order valence-electron chi connectivity index (χ3n) is 4.84. The van der Waals surface area contributed by atoms with Gasteiger partial charge >= 0.3 is 12.1 Å². The first-order chi connectivity index (χ1) is 14.2. The number of para-hydroxylation sites is 1. The summed E-state index contributed by atoms with van der Waals surface area (Å²) in [6.07, 6.45) is -2.76. The van der Waals surface area contributed by atoms with Crippen LogP contribution in [0.1, 0.15) is 18.4 Å². The van der Waals surface area contributed by atoms with E-state index in [-0.39, 0.29) is 34.0 Å². The smallest absolute Gasteiger partial charge is 0.324 e. The predicted octanol–water partition coefficient (Wildman–Crippen LogP) is 4.21. The van der Waals surface area contributed by atoms with Gasteiger partial charge in [-0.25, -0.2) is 4.98 Å². The molecule has 1 aromatic heterocycles. The highest BCUT2D eigenvalue weighted by Gasteiger charge is 2.45. The van der Waals surface area contributed by atoms with E-state index in [0.717, 1.165) is 6.20 Å².